The van der Waals surface area contributed by atoms with Crippen LogP contribution in [0.5, 0.6) is 5.75 Å². The molecule has 0 aliphatic heterocycles. The standard InChI is InChI=1S/C21H27N3O4S/c1-14(2)13-28-18-7-6-16(12-17(18)22-4)20-23-15(3)19(29-20)21(26)27-11-9-24(5)8-10-25/h6-7,12,14,25H,8-11,13H2,1-3,5H3. The molecule has 2 rings (SSSR count). The smallest absolute Gasteiger partial charge is 0.350 e. The van der Waals surface area contributed by atoms with Crippen molar-refractivity contribution >= 4 is 23.0 Å². The number of rotatable bonds is 10. The van der Waals surface area contributed by atoms with E-state index in [-0.39, 0.29) is 13.2 Å². The molecule has 1 aromatic heterocycles. The number of aromatic nitrogens is 1. The Morgan fingerprint density at radius 3 is 2.79 bits per heavy atom. The molecular formula is C21H27N3O4S. The summed E-state index contributed by atoms with van der Waals surface area (Å²) in [6, 6.07) is 5.36. The predicted molar refractivity (Wildman–Crippen MR) is 114 cm³/mol. The minimum atomic E-state index is -0.411. The highest BCUT2D eigenvalue weighted by molar-refractivity contribution is 7.17. The minimum Gasteiger partial charge on any atom is -0.504 e. The van der Waals surface area contributed by atoms with Crippen molar-refractivity contribution in [1.82, 2.24) is 9.88 Å². The Bertz CT molecular complexity index is 873. The van der Waals surface area contributed by atoms with E-state index in [9.17, 15) is 4.79 Å². The third-order valence-corrected chi connectivity index (χ3v) is 5.25. The topological polar surface area (TPSA) is 76.2 Å². The number of esters is 1. The van der Waals surface area contributed by atoms with Crippen LogP contribution in [0.1, 0.15) is 29.2 Å². The summed E-state index contributed by atoms with van der Waals surface area (Å²) in [5.74, 6) is 0.509. The average Bonchev–Trinajstić information content (AvgIpc) is 3.08. The normalized spacial score (nSPS) is 11.0. The van der Waals surface area contributed by atoms with Crippen molar-refractivity contribution in [3.05, 3.63) is 40.2 Å². The molecule has 0 aliphatic carbocycles. The lowest BCUT2D eigenvalue weighted by molar-refractivity contribution is 0.0472. The second-order valence-corrected chi connectivity index (χ2v) is 8.09. The van der Waals surface area contributed by atoms with Crippen molar-refractivity contribution in [1.29, 1.82) is 0 Å². The Balaban J connectivity index is 2.11. The molecule has 0 amide bonds. The molecule has 156 valence electrons. The Hall–Kier alpha value is -2.47. The van der Waals surface area contributed by atoms with Crippen LogP contribution >= 0.6 is 11.3 Å². The third-order valence-electron chi connectivity index (χ3n) is 4.07. The maximum atomic E-state index is 12.4. The molecule has 0 spiro atoms. The number of hydrogen-bond donors (Lipinski definition) is 1. The first-order valence-corrected chi connectivity index (χ1v) is 10.3. The van der Waals surface area contributed by atoms with Crippen LogP contribution in [-0.4, -0.2) is 60.9 Å². The van der Waals surface area contributed by atoms with E-state index in [0.717, 1.165) is 5.56 Å². The molecule has 0 saturated heterocycles. The largest absolute Gasteiger partial charge is 0.504 e. The quantitative estimate of drug-likeness (QED) is 0.468. The van der Waals surface area contributed by atoms with Crippen LogP contribution in [0, 0.1) is 19.4 Å². The molecule has 0 bridgehead atoms. The molecule has 7 nitrogen and oxygen atoms in total. The van der Waals surface area contributed by atoms with Gasteiger partial charge in [-0.15, -0.1) is 11.3 Å². The summed E-state index contributed by atoms with van der Waals surface area (Å²) < 4.78 is 11.0. The summed E-state index contributed by atoms with van der Waals surface area (Å²) in [6.07, 6.45) is 0. The first-order chi connectivity index (χ1) is 13.8. The number of aryl methyl sites for hydroxylation is 1. The zero-order chi connectivity index (χ0) is 21.4. The predicted octanol–water partition coefficient (Wildman–Crippen LogP) is 3.79. The Kier molecular flexibility index (Phi) is 8.58. The maximum absolute atomic E-state index is 12.4. The third kappa shape index (κ3) is 6.53. The highest BCUT2D eigenvalue weighted by Gasteiger charge is 2.18. The van der Waals surface area contributed by atoms with Gasteiger partial charge in [0.25, 0.3) is 0 Å². The van der Waals surface area contributed by atoms with E-state index >= 15 is 0 Å². The minimum absolute atomic E-state index is 0.0651. The number of aliphatic hydroxyl groups is 1. The van der Waals surface area contributed by atoms with Gasteiger partial charge in [-0.05, 0) is 32.0 Å². The molecule has 0 fully saturated rings. The molecule has 0 unspecified atom stereocenters. The Morgan fingerprint density at radius 2 is 2.14 bits per heavy atom. The Morgan fingerprint density at radius 1 is 1.38 bits per heavy atom. The zero-order valence-electron chi connectivity index (χ0n) is 17.3. The highest BCUT2D eigenvalue weighted by Crippen LogP contribution is 2.35. The van der Waals surface area contributed by atoms with Crippen LogP contribution in [0.4, 0.5) is 5.69 Å². The van der Waals surface area contributed by atoms with Crippen LogP contribution in [-0.2, 0) is 4.74 Å². The number of benzene rings is 1. The fraction of sp³-hybridized carbons (Fsp3) is 0.476. The van der Waals surface area contributed by atoms with Crippen molar-refractivity contribution in [2.45, 2.75) is 20.8 Å². The van der Waals surface area contributed by atoms with Gasteiger partial charge >= 0.3 is 5.97 Å². The van der Waals surface area contributed by atoms with Crippen molar-refractivity contribution < 1.29 is 19.4 Å². The van der Waals surface area contributed by atoms with E-state index < -0.39 is 5.97 Å². The number of nitrogens with zero attached hydrogens (tertiary/aromatic N) is 3. The Labute approximate surface area is 175 Å². The lowest BCUT2D eigenvalue weighted by Crippen LogP contribution is -2.27. The van der Waals surface area contributed by atoms with Crippen molar-refractivity contribution in [3.63, 3.8) is 0 Å². The summed E-state index contributed by atoms with van der Waals surface area (Å²) in [5, 5.41) is 9.56. The molecule has 2 aromatic rings. The fourth-order valence-electron chi connectivity index (χ4n) is 2.47. The van der Waals surface area contributed by atoms with E-state index in [4.69, 9.17) is 21.2 Å². The van der Waals surface area contributed by atoms with Gasteiger partial charge in [-0.25, -0.2) is 14.6 Å². The van der Waals surface area contributed by atoms with Crippen LogP contribution in [0.2, 0.25) is 0 Å². The summed E-state index contributed by atoms with van der Waals surface area (Å²) in [4.78, 5) is 22.8. The van der Waals surface area contributed by atoms with E-state index in [1.807, 2.05) is 18.0 Å². The summed E-state index contributed by atoms with van der Waals surface area (Å²) in [5.41, 5.74) is 1.79. The van der Waals surface area contributed by atoms with Gasteiger partial charge in [-0.1, -0.05) is 19.9 Å². The number of carbonyl (C=O) groups excluding carboxylic acids is 1. The first kappa shape index (κ1) is 22.8. The molecule has 0 saturated carbocycles. The monoisotopic (exact) mass is 417 g/mol. The van der Waals surface area contributed by atoms with Crippen molar-refractivity contribution in [2.75, 3.05) is 40.0 Å². The maximum Gasteiger partial charge on any atom is 0.350 e. The second-order valence-electron chi connectivity index (χ2n) is 7.10. The second kappa shape index (κ2) is 10.9. The van der Waals surface area contributed by atoms with Gasteiger partial charge in [0.05, 0.1) is 25.5 Å². The molecule has 1 heterocycles. The molecule has 1 aromatic carbocycles. The average molecular weight is 418 g/mol. The molecule has 0 aliphatic rings. The summed E-state index contributed by atoms with van der Waals surface area (Å²) >= 11 is 1.25. The molecule has 29 heavy (non-hydrogen) atoms. The summed E-state index contributed by atoms with van der Waals surface area (Å²) in [6.45, 7) is 15.2. The first-order valence-electron chi connectivity index (χ1n) is 9.44. The van der Waals surface area contributed by atoms with E-state index in [2.05, 4.69) is 23.7 Å². The van der Waals surface area contributed by atoms with E-state index in [0.29, 0.717) is 52.6 Å². The van der Waals surface area contributed by atoms with Gasteiger partial charge in [-0.3, -0.25) is 0 Å². The van der Waals surface area contributed by atoms with Gasteiger partial charge in [0.1, 0.15) is 22.2 Å². The fourth-order valence-corrected chi connectivity index (χ4v) is 3.42. The number of hydrogen-bond acceptors (Lipinski definition) is 7. The van der Waals surface area contributed by atoms with Crippen molar-refractivity contribution in [2.24, 2.45) is 5.92 Å². The molecule has 1 N–H and O–H groups in total. The van der Waals surface area contributed by atoms with E-state index in [1.54, 1.807) is 19.1 Å². The molecule has 8 heteroatoms. The van der Waals surface area contributed by atoms with Gasteiger partial charge in [0, 0.05) is 18.7 Å². The number of ether oxygens (including phenoxy) is 2. The van der Waals surface area contributed by atoms with Crippen LogP contribution < -0.4 is 4.74 Å². The highest BCUT2D eigenvalue weighted by atomic mass is 32.1. The van der Waals surface area contributed by atoms with Gasteiger partial charge < -0.3 is 19.5 Å². The number of thiazole rings is 1. The molecule has 0 radical (unpaired) electrons. The van der Waals surface area contributed by atoms with Crippen LogP contribution in [0.3, 0.4) is 0 Å². The number of likely N-dealkylation sites (N-methyl/N-ethyl adjacent to an activating group) is 1. The molecular weight excluding hydrogens is 390 g/mol. The van der Waals surface area contributed by atoms with Gasteiger partial charge in [0.15, 0.2) is 0 Å². The summed E-state index contributed by atoms with van der Waals surface area (Å²) in [7, 11) is 1.85. The van der Waals surface area contributed by atoms with E-state index in [1.165, 1.54) is 11.3 Å². The lowest BCUT2D eigenvalue weighted by atomic mass is 10.2. The van der Waals surface area contributed by atoms with Crippen LogP contribution in [0.25, 0.3) is 15.4 Å². The molecule has 0 atom stereocenters. The van der Waals surface area contributed by atoms with Gasteiger partial charge in [0.2, 0.25) is 5.69 Å². The SMILES string of the molecule is [C-]#[N+]c1cc(-c2nc(C)c(C(=O)OCCN(C)CCO)s2)ccc1OCC(C)C. The van der Waals surface area contributed by atoms with Gasteiger partial charge in [-0.2, -0.15) is 0 Å². The zero-order valence-corrected chi connectivity index (χ0v) is 18.1. The van der Waals surface area contributed by atoms with Crippen molar-refractivity contribution in [3.8, 4) is 16.3 Å². The number of carbonyl (C=O) groups is 1. The number of aliphatic hydroxyl groups excluding tert-OH is 1. The van der Waals surface area contributed by atoms with Crippen LogP contribution in [0.15, 0.2) is 18.2 Å². The lowest BCUT2D eigenvalue weighted by Gasteiger charge is -2.14.